The van der Waals surface area contributed by atoms with Gasteiger partial charge in [-0.05, 0) is 25.5 Å². The minimum absolute atomic E-state index is 0. The maximum absolute atomic E-state index is 11.5. The Balaban J connectivity index is 0.00000361. The molecule has 0 spiro atoms. The maximum atomic E-state index is 11.5. The molecule has 0 aliphatic rings. The predicted octanol–water partition coefficient (Wildman–Crippen LogP) is 1.41. The van der Waals surface area contributed by atoms with Crippen molar-refractivity contribution in [3.63, 3.8) is 0 Å². The third kappa shape index (κ3) is 6.23. The number of halogens is 1. The Hall–Kier alpha value is -1.30. The molecule has 0 aliphatic heterocycles. The van der Waals surface area contributed by atoms with Crippen LogP contribution in [0.4, 0.5) is 0 Å². The average molecular weight is 303 g/mol. The molecule has 20 heavy (non-hydrogen) atoms. The van der Waals surface area contributed by atoms with E-state index in [1.165, 1.54) is 0 Å². The summed E-state index contributed by atoms with van der Waals surface area (Å²) in [5.74, 6) is 0.588. The van der Waals surface area contributed by atoms with Crippen LogP contribution >= 0.6 is 12.4 Å². The van der Waals surface area contributed by atoms with E-state index in [9.17, 15) is 4.79 Å². The second-order valence-electron chi connectivity index (χ2n) is 4.46. The molecule has 0 heterocycles. The quantitative estimate of drug-likeness (QED) is 0.747. The van der Waals surface area contributed by atoms with Crippen LogP contribution in [0.25, 0.3) is 0 Å². The van der Waals surface area contributed by atoms with E-state index in [0.717, 1.165) is 16.9 Å². The number of hydrogen-bond donors (Lipinski definition) is 2. The van der Waals surface area contributed by atoms with E-state index in [0.29, 0.717) is 19.8 Å². The normalized spacial score (nSPS) is 11.4. The van der Waals surface area contributed by atoms with Gasteiger partial charge in [-0.25, -0.2) is 0 Å². The van der Waals surface area contributed by atoms with Crippen LogP contribution in [-0.4, -0.2) is 32.3 Å². The molecule has 3 N–H and O–H groups in total. The van der Waals surface area contributed by atoms with Crippen LogP contribution in [0.2, 0.25) is 0 Å². The molecule has 1 rings (SSSR count). The summed E-state index contributed by atoms with van der Waals surface area (Å²) in [6, 6.07) is 5.36. The number of nitrogens with two attached hydrogens (primary N) is 1. The second-order valence-corrected chi connectivity index (χ2v) is 4.46. The lowest BCUT2D eigenvalue weighted by Gasteiger charge is -2.13. The molecule has 0 fully saturated rings. The Kier molecular flexibility index (Phi) is 8.96. The third-order valence-electron chi connectivity index (χ3n) is 2.63. The molecule has 0 aromatic heterocycles. The van der Waals surface area contributed by atoms with E-state index in [-0.39, 0.29) is 18.3 Å². The highest BCUT2D eigenvalue weighted by molar-refractivity contribution is 5.85. The van der Waals surface area contributed by atoms with Gasteiger partial charge in [0.25, 0.3) is 0 Å². The van der Waals surface area contributed by atoms with Crippen molar-refractivity contribution in [1.29, 1.82) is 0 Å². The van der Waals surface area contributed by atoms with Crippen LogP contribution in [0.5, 0.6) is 5.75 Å². The number of methoxy groups -OCH3 is 1. The number of aryl methyl sites for hydroxylation is 1. The number of nitrogens with one attached hydrogen (secondary N) is 1. The Labute approximate surface area is 126 Å². The van der Waals surface area contributed by atoms with Gasteiger partial charge in [-0.2, -0.15) is 0 Å². The molecular weight excluding hydrogens is 280 g/mol. The van der Waals surface area contributed by atoms with E-state index in [1.54, 1.807) is 14.0 Å². The SMILES string of the molecule is COCCOc1cc(C)ccc1CNC(=O)[C@@H](C)N.Cl. The van der Waals surface area contributed by atoms with Crippen LogP contribution < -0.4 is 15.8 Å². The number of rotatable bonds is 7. The maximum Gasteiger partial charge on any atom is 0.236 e. The van der Waals surface area contributed by atoms with Crippen LogP contribution in [0.3, 0.4) is 0 Å². The summed E-state index contributed by atoms with van der Waals surface area (Å²) in [6.45, 7) is 5.06. The van der Waals surface area contributed by atoms with Crippen LogP contribution in [0.15, 0.2) is 18.2 Å². The molecule has 6 heteroatoms. The van der Waals surface area contributed by atoms with Gasteiger partial charge < -0.3 is 20.5 Å². The zero-order valence-electron chi connectivity index (χ0n) is 12.1. The largest absolute Gasteiger partial charge is 0.491 e. The van der Waals surface area contributed by atoms with Crippen molar-refractivity contribution in [2.24, 2.45) is 5.73 Å². The van der Waals surface area contributed by atoms with E-state index in [2.05, 4.69) is 5.32 Å². The van der Waals surface area contributed by atoms with Gasteiger partial charge in [0.05, 0.1) is 12.6 Å². The van der Waals surface area contributed by atoms with Gasteiger partial charge in [0, 0.05) is 19.2 Å². The Morgan fingerprint density at radius 2 is 2.10 bits per heavy atom. The van der Waals surface area contributed by atoms with Gasteiger partial charge in [-0.1, -0.05) is 12.1 Å². The molecule has 0 unspecified atom stereocenters. The third-order valence-corrected chi connectivity index (χ3v) is 2.63. The monoisotopic (exact) mass is 302 g/mol. The van der Waals surface area contributed by atoms with Crippen LogP contribution in [0, 0.1) is 6.92 Å². The zero-order chi connectivity index (χ0) is 14.3. The average Bonchev–Trinajstić information content (AvgIpc) is 2.37. The molecule has 5 nitrogen and oxygen atoms in total. The number of carbonyl (C=O) groups is 1. The first-order chi connectivity index (χ1) is 9.04. The van der Waals surface area contributed by atoms with E-state index >= 15 is 0 Å². The number of ether oxygens (including phenoxy) is 2. The number of carbonyl (C=O) groups excluding carboxylic acids is 1. The van der Waals surface area contributed by atoms with Crippen LogP contribution in [-0.2, 0) is 16.1 Å². The topological polar surface area (TPSA) is 73.6 Å². The fourth-order valence-corrected chi connectivity index (χ4v) is 1.52. The molecule has 0 radical (unpaired) electrons. The first kappa shape index (κ1) is 18.7. The molecule has 1 aromatic carbocycles. The molecule has 0 saturated heterocycles. The minimum Gasteiger partial charge on any atom is -0.491 e. The number of benzene rings is 1. The standard InChI is InChI=1S/C14H22N2O3.ClH/c1-10-4-5-12(9-16-14(17)11(2)15)13(8-10)19-7-6-18-3;/h4-5,8,11H,6-7,9,15H2,1-3H3,(H,16,17);1H/t11-;/m1./s1. The minimum atomic E-state index is -0.511. The zero-order valence-corrected chi connectivity index (χ0v) is 13.0. The number of hydrogen-bond acceptors (Lipinski definition) is 4. The molecule has 0 aliphatic carbocycles. The fraction of sp³-hybridized carbons (Fsp3) is 0.500. The smallest absolute Gasteiger partial charge is 0.236 e. The first-order valence-corrected chi connectivity index (χ1v) is 6.29. The van der Waals surface area contributed by atoms with Gasteiger partial charge in [0.15, 0.2) is 0 Å². The highest BCUT2D eigenvalue weighted by atomic mass is 35.5. The van der Waals surface area contributed by atoms with Gasteiger partial charge >= 0.3 is 0 Å². The summed E-state index contributed by atoms with van der Waals surface area (Å²) in [4.78, 5) is 11.5. The van der Waals surface area contributed by atoms with E-state index in [4.69, 9.17) is 15.2 Å². The highest BCUT2D eigenvalue weighted by Gasteiger charge is 2.09. The van der Waals surface area contributed by atoms with Crippen LogP contribution in [0.1, 0.15) is 18.1 Å². The van der Waals surface area contributed by atoms with Gasteiger partial charge in [0.1, 0.15) is 12.4 Å². The summed E-state index contributed by atoms with van der Waals surface area (Å²) in [5.41, 5.74) is 7.53. The van der Waals surface area contributed by atoms with Crippen molar-refractivity contribution in [1.82, 2.24) is 5.32 Å². The van der Waals surface area contributed by atoms with Crippen molar-refractivity contribution >= 4 is 18.3 Å². The molecule has 1 amide bonds. The van der Waals surface area contributed by atoms with E-state index in [1.807, 2.05) is 25.1 Å². The highest BCUT2D eigenvalue weighted by Crippen LogP contribution is 2.20. The van der Waals surface area contributed by atoms with Gasteiger partial charge in [-0.3, -0.25) is 4.79 Å². The van der Waals surface area contributed by atoms with E-state index < -0.39 is 6.04 Å². The van der Waals surface area contributed by atoms with Gasteiger partial charge in [0.2, 0.25) is 5.91 Å². The molecule has 114 valence electrons. The lowest BCUT2D eigenvalue weighted by atomic mass is 10.1. The summed E-state index contributed by atoms with van der Waals surface area (Å²) in [6.07, 6.45) is 0. The van der Waals surface area contributed by atoms with Crippen molar-refractivity contribution in [2.45, 2.75) is 26.4 Å². The summed E-state index contributed by atoms with van der Waals surface area (Å²) >= 11 is 0. The Bertz CT molecular complexity index is 425. The van der Waals surface area contributed by atoms with Crippen molar-refractivity contribution < 1.29 is 14.3 Å². The first-order valence-electron chi connectivity index (χ1n) is 6.29. The molecule has 0 bridgehead atoms. The molecule has 1 aromatic rings. The molecular formula is C14H23ClN2O3. The number of amides is 1. The fourth-order valence-electron chi connectivity index (χ4n) is 1.52. The molecule has 1 atom stereocenters. The predicted molar refractivity (Wildman–Crippen MR) is 81.3 cm³/mol. The van der Waals surface area contributed by atoms with Crippen molar-refractivity contribution in [2.75, 3.05) is 20.3 Å². The lowest BCUT2D eigenvalue weighted by molar-refractivity contribution is -0.122. The summed E-state index contributed by atoms with van der Waals surface area (Å²) in [5, 5.41) is 2.77. The summed E-state index contributed by atoms with van der Waals surface area (Å²) in [7, 11) is 1.63. The lowest BCUT2D eigenvalue weighted by Crippen LogP contribution is -2.37. The second kappa shape index (κ2) is 9.58. The Morgan fingerprint density at radius 3 is 2.70 bits per heavy atom. The summed E-state index contributed by atoms with van der Waals surface area (Å²) < 4.78 is 10.6. The molecule has 0 saturated carbocycles. The Morgan fingerprint density at radius 1 is 1.40 bits per heavy atom. The van der Waals surface area contributed by atoms with Gasteiger partial charge in [-0.15, -0.1) is 12.4 Å². The van der Waals surface area contributed by atoms with Crippen molar-refractivity contribution in [3.05, 3.63) is 29.3 Å². The van der Waals surface area contributed by atoms with Crippen molar-refractivity contribution in [3.8, 4) is 5.75 Å².